The molecule has 0 aliphatic carbocycles. The normalized spacial score (nSPS) is 15.2. The summed E-state index contributed by atoms with van der Waals surface area (Å²) in [6.07, 6.45) is 2.94. The van der Waals surface area contributed by atoms with Gasteiger partial charge in [-0.2, -0.15) is 0 Å². The van der Waals surface area contributed by atoms with E-state index in [0.717, 1.165) is 12.0 Å². The third-order valence-electron chi connectivity index (χ3n) is 6.34. The summed E-state index contributed by atoms with van der Waals surface area (Å²) in [6, 6.07) is 5.40. The van der Waals surface area contributed by atoms with Gasteiger partial charge in [-0.3, -0.25) is 14.4 Å². The Balaban J connectivity index is 3.08. The number of unbranched alkanes of at least 4 members (excludes halogenated alkanes) is 1. The Hall–Kier alpha value is -2.98. The Morgan fingerprint density at radius 1 is 0.892 bits per heavy atom. The molecule has 208 valence electrons. The van der Waals surface area contributed by atoms with Gasteiger partial charge in [0.2, 0.25) is 17.7 Å². The predicted octanol–water partition coefficient (Wildman–Crippen LogP) is 1.32. The molecule has 0 fully saturated rings. The van der Waals surface area contributed by atoms with Gasteiger partial charge in [0.25, 0.3) is 0 Å². The number of carboxylic acid groups (broad SMARTS) is 1. The average molecular weight is 520 g/mol. The van der Waals surface area contributed by atoms with Gasteiger partial charge in [0.15, 0.2) is 0 Å². The molecular formula is C27H45N5O5. The fourth-order valence-electron chi connectivity index (χ4n) is 3.89. The van der Waals surface area contributed by atoms with Crippen molar-refractivity contribution < 1.29 is 24.3 Å². The van der Waals surface area contributed by atoms with Crippen molar-refractivity contribution in [2.75, 3.05) is 6.54 Å². The summed E-state index contributed by atoms with van der Waals surface area (Å²) in [5.74, 6) is -2.94. The van der Waals surface area contributed by atoms with E-state index in [4.69, 9.17) is 11.5 Å². The maximum atomic E-state index is 13.4. The van der Waals surface area contributed by atoms with Crippen LogP contribution in [0.3, 0.4) is 0 Å². The molecule has 0 saturated carbocycles. The molecule has 37 heavy (non-hydrogen) atoms. The maximum Gasteiger partial charge on any atom is 0.326 e. The van der Waals surface area contributed by atoms with Crippen molar-refractivity contribution in [2.24, 2.45) is 23.3 Å². The first kappa shape index (κ1) is 32.0. The molecule has 1 aromatic rings. The van der Waals surface area contributed by atoms with E-state index in [1.54, 1.807) is 6.92 Å². The minimum absolute atomic E-state index is 0.0426. The number of nitrogens with one attached hydrogen (secondary N) is 3. The highest BCUT2D eigenvalue weighted by atomic mass is 16.4. The Morgan fingerprint density at radius 3 is 2.03 bits per heavy atom. The summed E-state index contributed by atoms with van der Waals surface area (Å²) in [5, 5.41) is 17.7. The number of amides is 3. The third-order valence-corrected chi connectivity index (χ3v) is 6.34. The summed E-state index contributed by atoms with van der Waals surface area (Å²) in [4.78, 5) is 51.0. The van der Waals surface area contributed by atoms with Crippen molar-refractivity contribution in [2.45, 2.75) is 90.4 Å². The zero-order valence-corrected chi connectivity index (χ0v) is 22.5. The van der Waals surface area contributed by atoms with E-state index in [0.29, 0.717) is 32.2 Å². The molecule has 0 aliphatic rings. The minimum atomic E-state index is -1.13. The van der Waals surface area contributed by atoms with E-state index in [1.165, 1.54) is 0 Å². The molecular weight excluding hydrogens is 474 g/mol. The van der Waals surface area contributed by atoms with Crippen LogP contribution < -0.4 is 27.4 Å². The van der Waals surface area contributed by atoms with Crippen molar-refractivity contribution >= 4 is 23.7 Å². The van der Waals surface area contributed by atoms with Gasteiger partial charge in [0, 0.05) is 6.42 Å². The molecule has 10 heteroatoms. The number of rotatable bonds is 17. The van der Waals surface area contributed by atoms with E-state index in [-0.39, 0.29) is 18.3 Å². The molecule has 0 aromatic heterocycles. The zero-order chi connectivity index (χ0) is 28.0. The molecule has 0 heterocycles. The summed E-state index contributed by atoms with van der Waals surface area (Å²) in [7, 11) is 0. The van der Waals surface area contributed by atoms with Gasteiger partial charge in [-0.05, 0) is 43.2 Å². The topological polar surface area (TPSA) is 177 Å². The average Bonchev–Trinajstić information content (AvgIpc) is 2.85. The minimum Gasteiger partial charge on any atom is -0.480 e. The number of aliphatic carboxylic acids is 1. The van der Waals surface area contributed by atoms with E-state index in [2.05, 4.69) is 16.0 Å². The van der Waals surface area contributed by atoms with Gasteiger partial charge in [-0.1, -0.05) is 70.9 Å². The lowest BCUT2D eigenvalue weighted by atomic mass is 9.97. The molecule has 5 atom stereocenters. The first-order valence-corrected chi connectivity index (χ1v) is 13.1. The molecule has 1 rings (SSSR count). The second kappa shape index (κ2) is 16.7. The number of carboxylic acids is 1. The van der Waals surface area contributed by atoms with Gasteiger partial charge >= 0.3 is 5.97 Å². The van der Waals surface area contributed by atoms with Crippen LogP contribution in [0.15, 0.2) is 30.3 Å². The highest BCUT2D eigenvalue weighted by Gasteiger charge is 2.32. The fourth-order valence-corrected chi connectivity index (χ4v) is 3.89. The lowest BCUT2D eigenvalue weighted by molar-refractivity contribution is -0.144. The van der Waals surface area contributed by atoms with Gasteiger partial charge in [0.05, 0.1) is 6.04 Å². The van der Waals surface area contributed by atoms with E-state index >= 15 is 0 Å². The van der Waals surface area contributed by atoms with Crippen LogP contribution in [-0.4, -0.2) is 59.5 Å². The van der Waals surface area contributed by atoms with Crippen molar-refractivity contribution in [1.82, 2.24) is 16.0 Å². The van der Waals surface area contributed by atoms with Crippen molar-refractivity contribution in [1.29, 1.82) is 0 Å². The van der Waals surface area contributed by atoms with E-state index < -0.39 is 47.9 Å². The fraction of sp³-hybridized carbons (Fsp3) is 0.630. The highest BCUT2D eigenvalue weighted by Crippen LogP contribution is 2.12. The monoisotopic (exact) mass is 519 g/mol. The van der Waals surface area contributed by atoms with Gasteiger partial charge < -0.3 is 32.5 Å². The molecule has 10 nitrogen and oxygen atoms in total. The quantitative estimate of drug-likeness (QED) is 0.168. The number of benzene rings is 1. The van der Waals surface area contributed by atoms with Gasteiger partial charge in [0.1, 0.15) is 18.1 Å². The van der Waals surface area contributed by atoms with Gasteiger partial charge in [-0.25, -0.2) is 4.79 Å². The lowest BCUT2D eigenvalue weighted by Crippen LogP contribution is -2.58. The van der Waals surface area contributed by atoms with Gasteiger partial charge in [-0.15, -0.1) is 0 Å². The number of carbonyl (C=O) groups excluding carboxylic acids is 3. The number of carbonyl (C=O) groups is 4. The Bertz CT molecular complexity index is 864. The van der Waals surface area contributed by atoms with Crippen molar-refractivity contribution in [3.8, 4) is 0 Å². The first-order chi connectivity index (χ1) is 17.5. The second-order valence-electron chi connectivity index (χ2n) is 10.0. The van der Waals surface area contributed by atoms with Crippen LogP contribution in [0.2, 0.25) is 0 Å². The number of hydrogen-bond acceptors (Lipinski definition) is 6. The van der Waals surface area contributed by atoms with Crippen molar-refractivity contribution in [3.05, 3.63) is 35.9 Å². The molecule has 0 bridgehead atoms. The second-order valence-corrected chi connectivity index (χ2v) is 10.0. The van der Waals surface area contributed by atoms with Crippen LogP contribution in [0, 0.1) is 11.8 Å². The van der Waals surface area contributed by atoms with Crippen LogP contribution in [0.1, 0.15) is 65.4 Å². The molecule has 8 N–H and O–H groups in total. The Kier molecular flexibility index (Phi) is 14.5. The van der Waals surface area contributed by atoms with Crippen LogP contribution in [0.4, 0.5) is 0 Å². The lowest BCUT2D eigenvalue weighted by Gasteiger charge is -2.27. The van der Waals surface area contributed by atoms with Crippen LogP contribution in [0.25, 0.3) is 0 Å². The summed E-state index contributed by atoms with van der Waals surface area (Å²) in [6.45, 7) is 7.90. The molecule has 1 aromatic carbocycles. The SMILES string of the molecule is CCC(C)C(NC(=O)C(CC(C)C)NC(=O)C(Cc1ccccc1)NC(=O)C(N)CCCCN)C(=O)O. The summed E-state index contributed by atoms with van der Waals surface area (Å²) in [5.41, 5.74) is 12.4. The highest BCUT2D eigenvalue weighted by molar-refractivity contribution is 5.94. The summed E-state index contributed by atoms with van der Waals surface area (Å²) < 4.78 is 0. The molecule has 0 radical (unpaired) electrons. The smallest absolute Gasteiger partial charge is 0.326 e. The zero-order valence-electron chi connectivity index (χ0n) is 22.5. The standard InChI is InChI=1S/C27H45N5O5/c1-5-18(4)23(27(36)37)32-26(35)21(15-17(2)3)31-25(34)22(16-19-11-7-6-8-12-19)30-24(33)20(29)13-9-10-14-28/h6-8,11-12,17-18,20-23H,5,9-10,13-16,28-29H2,1-4H3,(H,30,33)(H,31,34)(H,32,35)(H,36,37). The molecule has 0 spiro atoms. The molecule has 0 saturated heterocycles. The number of nitrogens with two attached hydrogens (primary N) is 2. The predicted molar refractivity (Wildman–Crippen MR) is 143 cm³/mol. The maximum absolute atomic E-state index is 13.4. The van der Waals surface area contributed by atoms with Crippen molar-refractivity contribution in [3.63, 3.8) is 0 Å². The molecule has 5 unspecified atom stereocenters. The molecule has 3 amide bonds. The van der Waals surface area contributed by atoms with Crippen LogP contribution in [-0.2, 0) is 25.6 Å². The largest absolute Gasteiger partial charge is 0.480 e. The van der Waals surface area contributed by atoms with E-state index in [9.17, 15) is 24.3 Å². The first-order valence-electron chi connectivity index (χ1n) is 13.1. The Morgan fingerprint density at radius 2 is 1.49 bits per heavy atom. The third kappa shape index (κ3) is 11.7. The van der Waals surface area contributed by atoms with Crippen LogP contribution in [0.5, 0.6) is 0 Å². The Labute approximate surface area is 220 Å². The summed E-state index contributed by atoms with van der Waals surface area (Å²) >= 11 is 0. The molecule has 0 aliphatic heterocycles. The number of hydrogen-bond donors (Lipinski definition) is 6. The van der Waals surface area contributed by atoms with E-state index in [1.807, 2.05) is 51.1 Å². The van der Waals surface area contributed by atoms with Crippen LogP contribution >= 0.6 is 0 Å².